The summed E-state index contributed by atoms with van der Waals surface area (Å²) < 4.78 is 27.7. The van der Waals surface area contributed by atoms with Crippen LogP contribution in [0.5, 0.6) is 0 Å². The van der Waals surface area contributed by atoms with Crippen LogP contribution in [0.25, 0.3) is 5.57 Å². The molecule has 3 heterocycles. The summed E-state index contributed by atoms with van der Waals surface area (Å²) in [5.41, 5.74) is 4.25. The molecule has 1 aliphatic carbocycles. The van der Waals surface area contributed by atoms with Crippen LogP contribution in [0.15, 0.2) is 48.0 Å². The molecule has 8 nitrogen and oxygen atoms in total. The quantitative estimate of drug-likeness (QED) is 0.352. The van der Waals surface area contributed by atoms with Crippen molar-refractivity contribution in [1.29, 1.82) is 0 Å². The molecule has 2 amide bonds. The zero-order valence-electron chi connectivity index (χ0n) is 28.0. The summed E-state index contributed by atoms with van der Waals surface area (Å²) in [6, 6.07) is 8.71. The van der Waals surface area contributed by atoms with Crippen LogP contribution in [0.1, 0.15) is 109 Å². The van der Waals surface area contributed by atoms with E-state index in [2.05, 4.69) is 0 Å². The van der Waals surface area contributed by atoms with Gasteiger partial charge in [-0.15, -0.1) is 0 Å². The molecule has 0 saturated carbocycles. The van der Waals surface area contributed by atoms with E-state index < -0.39 is 23.5 Å². The lowest BCUT2D eigenvalue weighted by molar-refractivity contribution is -0.160. The van der Waals surface area contributed by atoms with Crippen molar-refractivity contribution in [3.63, 3.8) is 0 Å². The Morgan fingerprint density at radius 3 is 2.30 bits per heavy atom. The van der Waals surface area contributed by atoms with E-state index >= 15 is 4.39 Å². The molecular formula is C38H45FN2O6. The molecule has 2 unspecified atom stereocenters. The van der Waals surface area contributed by atoms with Crippen LogP contribution in [-0.2, 0) is 20.7 Å². The first-order valence-corrected chi connectivity index (χ1v) is 16.9. The molecule has 1 N–H and O–H groups in total. The maximum atomic E-state index is 15.7. The van der Waals surface area contributed by atoms with Crippen molar-refractivity contribution >= 4 is 29.0 Å². The fraction of sp³-hybridized carbons (Fsp3) is 0.500. The van der Waals surface area contributed by atoms with Gasteiger partial charge in [-0.3, -0.25) is 9.59 Å². The van der Waals surface area contributed by atoms with Crippen molar-refractivity contribution in [2.75, 3.05) is 31.1 Å². The number of likely N-dealkylation sites (tertiary alicyclic amines) is 1. The number of rotatable bonds is 6. The van der Waals surface area contributed by atoms with Crippen molar-refractivity contribution in [1.82, 2.24) is 4.90 Å². The minimum Gasteiger partial charge on any atom is -0.495 e. The number of piperidine rings is 1. The second-order valence-electron chi connectivity index (χ2n) is 14.3. The standard InChI is InChI=1S/C38H45FN2O6/c1-22-20-30-27(15-18-41(30)36(43)25-13-11-24(12-14-25)35(42)40-16-7-6-8-17-40)32(31(22)34(37(44)45)47-38(3,4)5)28-21-29(39)33-26(23(28)2)10-9-19-46-33/h11-14,20-21,23,26,34H,6-10,15-19H2,1-5H3,(H,44,45)/t23?,26?,34-/m0/s1. The number of benzene rings is 2. The second-order valence-corrected chi connectivity index (χ2v) is 14.3. The third-order valence-corrected chi connectivity index (χ3v) is 9.91. The Morgan fingerprint density at radius 1 is 1.00 bits per heavy atom. The van der Waals surface area contributed by atoms with Gasteiger partial charge < -0.3 is 24.4 Å². The summed E-state index contributed by atoms with van der Waals surface area (Å²) in [7, 11) is 0. The van der Waals surface area contributed by atoms with Crippen molar-refractivity contribution in [3.05, 3.63) is 81.4 Å². The van der Waals surface area contributed by atoms with E-state index in [4.69, 9.17) is 9.47 Å². The lowest BCUT2D eigenvalue weighted by Gasteiger charge is -2.37. The number of ether oxygens (including phenoxy) is 2. The van der Waals surface area contributed by atoms with Crippen molar-refractivity contribution in [2.45, 2.75) is 84.8 Å². The van der Waals surface area contributed by atoms with E-state index in [1.165, 1.54) is 6.08 Å². The number of aliphatic carboxylic acids is 1. The van der Waals surface area contributed by atoms with E-state index in [-0.39, 0.29) is 23.7 Å². The monoisotopic (exact) mass is 644 g/mol. The molecule has 3 aliphatic heterocycles. The zero-order valence-corrected chi connectivity index (χ0v) is 28.0. The van der Waals surface area contributed by atoms with Crippen molar-refractivity contribution in [3.8, 4) is 0 Å². The molecule has 2 aromatic carbocycles. The van der Waals surface area contributed by atoms with Gasteiger partial charge in [-0.05, 0) is 131 Å². The highest BCUT2D eigenvalue weighted by atomic mass is 19.1. The predicted molar refractivity (Wildman–Crippen MR) is 178 cm³/mol. The topological polar surface area (TPSA) is 96.4 Å². The number of carboxylic acid groups (broad SMARTS) is 1. The van der Waals surface area contributed by atoms with Gasteiger partial charge in [0.05, 0.1) is 12.2 Å². The van der Waals surface area contributed by atoms with Crippen LogP contribution in [0.3, 0.4) is 0 Å². The van der Waals surface area contributed by atoms with Crippen LogP contribution < -0.4 is 4.90 Å². The highest BCUT2D eigenvalue weighted by Crippen LogP contribution is 2.50. The number of carbonyl (C=O) groups excluding carboxylic acids is 2. The van der Waals surface area contributed by atoms with Crippen LogP contribution in [0.2, 0.25) is 0 Å². The summed E-state index contributed by atoms with van der Waals surface area (Å²) in [6.45, 7) is 11.7. The van der Waals surface area contributed by atoms with Gasteiger partial charge in [-0.1, -0.05) is 6.92 Å². The van der Waals surface area contributed by atoms with Crippen LogP contribution in [-0.4, -0.2) is 59.6 Å². The summed E-state index contributed by atoms with van der Waals surface area (Å²) in [4.78, 5) is 43.5. The maximum Gasteiger partial charge on any atom is 0.337 e. The number of hydrogen-bond donors (Lipinski definition) is 1. The zero-order chi connectivity index (χ0) is 33.6. The molecule has 2 fully saturated rings. The molecule has 0 bridgehead atoms. The number of anilines is 1. The molecule has 4 aliphatic rings. The lowest BCUT2D eigenvalue weighted by Crippen LogP contribution is -2.35. The van der Waals surface area contributed by atoms with E-state index in [1.54, 1.807) is 29.2 Å². The number of allylic oxidation sites excluding steroid dienone is 4. The molecular weight excluding hydrogens is 599 g/mol. The van der Waals surface area contributed by atoms with Crippen LogP contribution in [0.4, 0.5) is 10.1 Å². The molecule has 0 radical (unpaired) electrons. The first-order chi connectivity index (χ1) is 22.4. The molecule has 6 rings (SSSR count). The summed E-state index contributed by atoms with van der Waals surface area (Å²) >= 11 is 0. The average molecular weight is 645 g/mol. The summed E-state index contributed by atoms with van der Waals surface area (Å²) in [5, 5.41) is 10.5. The molecule has 47 heavy (non-hydrogen) atoms. The minimum absolute atomic E-state index is 0.0174. The maximum absolute atomic E-state index is 15.7. The Kier molecular flexibility index (Phi) is 9.04. The lowest BCUT2D eigenvalue weighted by atomic mass is 9.73. The van der Waals surface area contributed by atoms with Gasteiger partial charge in [0.1, 0.15) is 5.76 Å². The number of carbonyl (C=O) groups is 3. The van der Waals surface area contributed by atoms with Gasteiger partial charge in [0, 0.05) is 47.9 Å². The SMILES string of the molecule is Cc1cc2c(c(C3=CC(F)=C4OCCCC4C3C)c1[C@H](OC(C)(C)C)C(=O)O)CCN2C(=O)c1ccc(C(=O)N2CCCCC2)cc1. The summed E-state index contributed by atoms with van der Waals surface area (Å²) in [5.74, 6) is -1.72. The van der Waals surface area contributed by atoms with E-state index in [0.717, 1.165) is 50.8 Å². The fourth-order valence-electron chi connectivity index (χ4n) is 7.65. The van der Waals surface area contributed by atoms with Gasteiger partial charge in [0.15, 0.2) is 11.9 Å². The average Bonchev–Trinajstić information content (AvgIpc) is 3.47. The van der Waals surface area contributed by atoms with Gasteiger partial charge in [-0.25, -0.2) is 9.18 Å². The number of nitrogens with zero attached hydrogens (tertiary/aromatic N) is 2. The molecule has 0 aromatic heterocycles. The third-order valence-electron chi connectivity index (χ3n) is 9.91. The molecule has 2 aromatic rings. The van der Waals surface area contributed by atoms with Crippen molar-refractivity contribution < 1.29 is 33.4 Å². The van der Waals surface area contributed by atoms with Gasteiger partial charge in [0.25, 0.3) is 11.8 Å². The Morgan fingerprint density at radius 2 is 1.66 bits per heavy atom. The molecule has 0 spiro atoms. The van der Waals surface area contributed by atoms with Gasteiger partial charge in [0.2, 0.25) is 0 Å². The first-order valence-electron chi connectivity index (χ1n) is 16.9. The van der Waals surface area contributed by atoms with Gasteiger partial charge in [-0.2, -0.15) is 0 Å². The highest BCUT2D eigenvalue weighted by Gasteiger charge is 2.41. The largest absolute Gasteiger partial charge is 0.495 e. The number of aryl methyl sites for hydroxylation is 1. The minimum atomic E-state index is -1.30. The Labute approximate surface area is 276 Å². The van der Waals surface area contributed by atoms with Crippen LogP contribution >= 0.6 is 0 Å². The Balaban J connectivity index is 1.42. The Bertz CT molecular complexity index is 1650. The first kappa shape index (κ1) is 32.9. The normalized spacial score (nSPS) is 21.9. The fourth-order valence-corrected chi connectivity index (χ4v) is 7.65. The summed E-state index contributed by atoms with van der Waals surface area (Å²) in [6.07, 6.45) is 5.40. The number of halogens is 1. The molecule has 2 saturated heterocycles. The van der Waals surface area contributed by atoms with E-state index in [1.807, 2.05) is 45.6 Å². The Hall–Kier alpha value is -3.98. The second kappa shape index (κ2) is 12.9. The molecule has 250 valence electrons. The molecule has 9 heteroatoms. The van der Waals surface area contributed by atoms with E-state index in [9.17, 15) is 19.5 Å². The molecule has 3 atom stereocenters. The van der Waals surface area contributed by atoms with Crippen LogP contribution in [0, 0.1) is 18.8 Å². The number of fused-ring (bicyclic) bond motifs is 2. The smallest absolute Gasteiger partial charge is 0.337 e. The van der Waals surface area contributed by atoms with E-state index in [0.29, 0.717) is 64.4 Å². The van der Waals surface area contributed by atoms with Gasteiger partial charge >= 0.3 is 5.97 Å². The number of carboxylic acids is 1. The number of amides is 2. The third kappa shape index (κ3) is 6.34. The van der Waals surface area contributed by atoms with Crippen molar-refractivity contribution in [2.24, 2.45) is 11.8 Å². The predicted octanol–water partition coefficient (Wildman–Crippen LogP) is 7.41. The highest BCUT2D eigenvalue weighted by molar-refractivity contribution is 6.08. The number of hydrogen-bond acceptors (Lipinski definition) is 5.